The lowest BCUT2D eigenvalue weighted by molar-refractivity contribution is 0.287. The van der Waals surface area contributed by atoms with Gasteiger partial charge in [0.15, 0.2) is 11.5 Å². The van der Waals surface area contributed by atoms with E-state index in [0.29, 0.717) is 19.8 Å². The van der Waals surface area contributed by atoms with Crippen LogP contribution in [0.1, 0.15) is 19.4 Å². The molecule has 0 heterocycles. The van der Waals surface area contributed by atoms with Crippen LogP contribution in [0.4, 0.5) is 0 Å². The Bertz CT molecular complexity index is 345. The van der Waals surface area contributed by atoms with E-state index in [0.717, 1.165) is 21.5 Å². The molecule has 4 nitrogen and oxygen atoms in total. The average molecular weight is 289 g/mol. The maximum atomic E-state index is 5.52. The van der Waals surface area contributed by atoms with Gasteiger partial charge in [-0.1, -0.05) is 15.9 Å². The molecule has 0 radical (unpaired) electrons. The van der Waals surface area contributed by atoms with Crippen LogP contribution in [0.2, 0.25) is 0 Å². The smallest absolute Gasteiger partial charge is 0.162 e. The van der Waals surface area contributed by atoms with E-state index in [2.05, 4.69) is 21.4 Å². The van der Waals surface area contributed by atoms with E-state index in [1.165, 1.54) is 0 Å². The lowest BCUT2D eigenvalue weighted by Crippen LogP contribution is -2.21. The van der Waals surface area contributed by atoms with Crippen molar-refractivity contribution in [3.63, 3.8) is 0 Å². The number of nitrogens with two attached hydrogens (primary N) is 1. The van der Waals surface area contributed by atoms with Gasteiger partial charge < -0.3 is 9.47 Å². The molecule has 1 aromatic rings. The minimum Gasteiger partial charge on any atom is -0.490 e. The number of nitrogens with one attached hydrogen (secondary N) is 1. The molecular weight excluding hydrogens is 272 g/mol. The van der Waals surface area contributed by atoms with Gasteiger partial charge in [-0.3, -0.25) is 11.3 Å². The van der Waals surface area contributed by atoms with Crippen LogP contribution < -0.4 is 20.7 Å². The summed E-state index contributed by atoms with van der Waals surface area (Å²) in [4.78, 5) is 0. The molecule has 0 aromatic heterocycles. The molecule has 0 amide bonds. The molecule has 1 aromatic carbocycles. The lowest BCUT2D eigenvalue weighted by atomic mass is 10.2. The second-order valence-electron chi connectivity index (χ2n) is 3.14. The van der Waals surface area contributed by atoms with Crippen LogP contribution in [0.15, 0.2) is 16.6 Å². The van der Waals surface area contributed by atoms with Gasteiger partial charge in [-0.2, -0.15) is 0 Å². The number of halogens is 1. The van der Waals surface area contributed by atoms with Crippen molar-refractivity contribution in [3.05, 3.63) is 22.2 Å². The third-order valence-electron chi connectivity index (χ3n) is 2.00. The van der Waals surface area contributed by atoms with Gasteiger partial charge in [-0.15, -0.1) is 0 Å². The van der Waals surface area contributed by atoms with Gasteiger partial charge >= 0.3 is 0 Å². The minimum absolute atomic E-state index is 0.576. The molecule has 0 aliphatic heterocycles. The third kappa shape index (κ3) is 3.37. The van der Waals surface area contributed by atoms with Crippen molar-refractivity contribution in [1.29, 1.82) is 0 Å². The molecule has 0 bridgehead atoms. The molecule has 0 aliphatic rings. The van der Waals surface area contributed by atoms with Gasteiger partial charge in [0.05, 0.1) is 13.2 Å². The summed E-state index contributed by atoms with van der Waals surface area (Å²) in [5, 5.41) is 0. The summed E-state index contributed by atoms with van der Waals surface area (Å²) in [6.07, 6.45) is 0. The SMILES string of the molecule is CCOc1cc(Br)c(CNN)cc1OCC. The van der Waals surface area contributed by atoms with Gasteiger partial charge in [-0.25, -0.2) is 0 Å². The highest BCUT2D eigenvalue weighted by atomic mass is 79.9. The highest BCUT2D eigenvalue weighted by molar-refractivity contribution is 9.10. The van der Waals surface area contributed by atoms with E-state index < -0.39 is 0 Å². The van der Waals surface area contributed by atoms with Crippen LogP contribution in [0.3, 0.4) is 0 Å². The van der Waals surface area contributed by atoms with E-state index in [1.54, 1.807) is 0 Å². The van der Waals surface area contributed by atoms with Crippen molar-refractivity contribution < 1.29 is 9.47 Å². The summed E-state index contributed by atoms with van der Waals surface area (Å²) in [5.41, 5.74) is 3.66. The largest absolute Gasteiger partial charge is 0.490 e. The first-order valence-corrected chi connectivity index (χ1v) is 6.03. The number of hydrogen-bond donors (Lipinski definition) is 2. The van der Waals surface area contributed by atoms with Gasteiger partial charge in [-0.05, 0) is 31.5 Å². The van der Waals surface area contributed by atoms with Crippen LogP contribution >= 0.6 is 15.9 Å². The van der Waals surface area contributed by atoms with Gasteiger partial charge in [0.25, 0.3) is 0 Å². The van der Waals surface area contributed by atoms with E-state index >= 15 is 0 Å². The lowest BCUT2D eigenvalue weighted by Gasteiger charge is -2.13. The fourth-order valence-corrected chi connectivity index (χ4v) is 1.82. The zero-order valence-corrected chi connectivity index (χ0v) is 11.1. The first kappa shape index (κ1) is 13.3. The Kier molecular flexibility index (Phi) is 5.59. The molecular formula is C11H17BrN2O2. The van der Waals surface area contributed by atoms with Crippen LogP contribution in [0, 0.1) is 0 Å². The third-order valence-corrected chi connectivity index (χ3v) is 2.74. The molecule has 0 fully saturated rings. The van der Waals surface area contributed by atoms with Crippen molar-refractivity contribution in [3.8, 4) is 11.5 Å². The molecule has 0 saturated carbocycles. The predicted molar refractivity (Wildman–Crippen MR) is 67.5 cm³/mol. The summed E-state index contributed by atoms with van der Waals surface area (Å²) in [5.74, 6) is 6.80. The standard InChI is InChI=1S/C11H17BrN2O2/c1-3-15-10-5-8(7-14-13)9(12)6-11(10)16-4-2/h5-6,14H,3-4,7,13H2,1-2H3. The van der Waals surface area contributed by atoms with E-state index in [1.807, 2.05) is 26.0 Å². The van der Waals surface area contributed by atoms with Crippen molar-refractivity contribution in [2.24, 2.45) is 5.84 Å². The van der Waals surface area contributed by atoms with Gasteiger partial charge in [0.2, 0.25) is 0 Å². The summed E-state index contributed by atoms with van der Waals surface area (Å²) < 4.78 is 12.0. The van der Waals surface area contributed by atoms with Gasteiger partial charge in [0.1, 0.15) is 0 Å². The van der Waals surface area contributed by atoms with E-state index in [4.69, 9.17) is 15.3 Å². The predicted octanol–water partition coefficient (Wildman–Crippen LogP) is 2.21. The Labute approximate surface area is 104 Å². The number of hydrazine groups is 1. The molecule has 0 saturated heterocycles. The average Bonchev–Trinajstić information content (AvgIpc) is 2.25. The molecule has 0 aliphatic carbocycles. The monoisotopic (exact) mass is 288 g/mol. The topological polar surface area (TPSA) is 56.5 Å². The Hall–Kier alpha value is -0.780. The molecule has 1 rings (SSSR count). The molecule has 0 unspecified atom stereocenters. The minimum atomic E-state index is 0.576. The second kappa shape index (κ2) is 6.73. The second-order valence-corrected chi connectivity index (χ2v) is 3.99. The number of ether oxygens (including phenoxy) is 2. The fraction of sp³-hybridized carbons (Fsp3) is 0.455. The number of benzene rings is 1. The highest BCUT2D eigenvalue weighted by Gasteiger charge is 2.09. The fourth-order valence-electron chi connectivity index (χ4n) is 1.36. The normalized spacial score (nSPS) is 10.2. The van der Waals surface area contributed by atoms with Crippen molar-refractivity contribution >= 4 is 15.9 Å². The summed E-state index contributed by atoms with van der Waals surface area (Å²) in [7, 11) is 0. The van der Waals surface area contributed by atoms with Crippen LogP contribution in [0.25, 0.3) is 0 Å². The molecule has 0 atom stereocenters. The van der Waals surface area contributed by atoms with Gasteiger partial charge in [0, 0.05) is 11.0 Å². The molecule has 90 valence electrons. The zero-order valence-electron chi connectivity index (χ0n) is 9.55. The van der Waals surface area contributed by atoms with Crippen LogP contribution in [-0.4, -0.2) is 13.2 Å². The Morgan fingerprint density at radius 2 is 1.75 bits per heavy atom. The molecule has 5 heteroatoms. The van der Waals surface area contributed by atoms with Crippen molar-refractivity contribution in [2.75, 3.05) is 13.2 Å². The molecule has 3 N–H and O–H groups in total. The van der Waals surface area contributed by atoms with Crippen molar-refractivity contribution in [1.82, 2.24) is 5.43 Å². The number of hydrogen-bond acceptors (Lipinski definition) is 4. The quantitative estimate of drug-likeness (QED) is 0.623. The zero-order chi connectivity index (χ0) is 12.0. The molecule has 0 spiro atoms. The molecule has 16 heavy (non-hydrogen) atoms. The Balaban J connectivity index is 3.03. The maximum Gasteiger partial charge on any atom is 0.162 e. The first-order valence-electron chi connectivity index (χ1n) is 5.24. The van der Waals surface area contributed by atoms with E-state index in [9.17, 15) is 0 Å². The Morgan fingerprint density at radius 1 is 1.19 bits per heavy atom. The highest BCUT2D eigenvalue weighted by Crippen LogP contribution is 2.33. The maximum absolute atomic E-state index is 5.52. The van der Waals surface area contributed by atoms with Crippen LogP contribution in [-0.2, 0) is 6.54 Å². The summed E-state index contributed by atoms with van der Waals surface area (Å²) >= 11 is 3.47. The van der Waals surface area contributed by atoms with Crippen LogP contribution in [0.5, 0.6) is 11.5 Å². The summed E-state index contributed by atoms with van der Waals surface area (Å²) in [6, 6.07) is 3.83. The van der Waals surface area contributed by atoms with Crippen molar-refractivity contribution in [2.45, 2.75) is 20.4 Å². The Morgan fingerprint density at radius 3 is 2.25 bits per heavy atom. The van der Waals surface area contributed by atoms with E-state index in [-0.39, 0.29) is 0 Å². The first-order chi connectivity index (χ1) is 7.72. The summed E-state index contributed by atoms with van der Waals surface area (Å²) in [6.45, 7) is 5.68. The number of rotatable bonds is 6.